The van der Waals surface area contributed by atoms with E-state index in [4.69, 9.17) is 27.9 Å². The highest BCUT2D eigenvalue weighted by molar-refractivity contribution is 6.35. The van der Waals surface area contributed by atoms with Crippen molar-refractivity contribution < 1.29 is 14.3 Å². The van der Waals surface area contributed by atoms with Crippen LogP contribution in [0.3, 0.4) is 0 Å². The SMILES string of the molecule is C[C@@H](OC(=O)C1CC1)C(=O)Nc1cc(Cl)ccc1Cl. The predicted molar refractivity (Wildman–Crippen MR) is 73.4 cm³/mol. The van der Waals surface area contributed by atoms with Crippen LogP contribution in [0.15, 0.2) is 18.2 Å². The molecular weight excluding hydrogens is 289 g/mol. The van der Waals surface area contributed by atoms with Gasteiger partial charge in [0.25, 0.3) is 5.91 Å². The molecule has 0 unspecified atom stereocenters. The number of anilines is 1. The molecule has 1 aromatic rings. The van der Waals surface area contributed by atoms with Gasteiger partial charge in [-0.05, 0) is 38.0 Å². The summed E-state index contributed by atoms with van der Waals surface area (Å²) in [6, 6.07) is 4.74. The maximum Gasteiger partial charge on any atom is 0.309 e. The number of nitrogens with one attached hydrogen (secondary N) is 1. The Bertz CT molecular complexity index is 515. The molecule has 0 heterocycles. The van der Waals surface area contributed by atoms with Crippen LogP contribution in [0, 0.1) is 5.92 Å². The van der Waals surface area contributed by atoms with Crippen LogP contribution in [0.4, 0.5) is 5.69 Å². The Morgan fingerprint density at radius 3 is 2.68 bits per heavy atom. The van der Waals surface area contributed by atoms with Gasteiger partial charge in [-0.15, -0.1) is 0 Å². The van der Waals surface area contributed by atoms with E-state index in [9.17, 15) is 9.59 Å². The van der Waals surface area contributed by atoms with Crippen LogP contribution in [0.25, 0.3) is 0 Å². The fraction of sp³-hybridized carbons (Fsp3) is 0.385. The molecule has 1 amide bonds. The van der Waals surface area contributed by atoms with Crippen molar-refractivity contribution in [1.29, 1.82) is 0 Å². The molecule has 1 aliphatic rings. The standard InChI is InChI=1S/C13H13Cl2NO3/c1-7(19-13(18)8-2-3-8)12(17)16-11-6-9(14)4-5-10(11)15/h4-8H,2-3H2,1H3,(H,16,17)/t7-/m1/s1. The van der Waals surface area contributed by atoms with Gasteiger partial charge in [0.1, 0.15) is 0 Å². The second-order valence-corrected chi connectivity index (χ2v) is 5.31. The zero-order chi connectivity index (χ0) is 14.0. The molecule has 102 valence electrons. The van der Waals surface area contributed by atoms with E-state index in [1.165, 1.54) is 13.0 Å². The average molecular weight is 302 g/mol. The zero-order valence-electron chi connectivity index (χ0n) is 10.3. The van der Waals surface area contributed by atoms with Crippen molar-refractivity contribution in [2.75, 3.05) is 5.32 Å². The van der Waals surface area contributed by atoms with Gasteiger partial charge in [0, 0.05) is 5.02 Å². The number of amides is 1. The summed E-state index contributed by atoms with van der Waals surface area (Å²) in [5.41, 5.74) is 0.397. The van der Waals surface area contributed by atoms with Gasteiger partial charge >= 0.3 is 5.97 Å². The van der Waals surface area contributed by atoms with E-state index in [0.717, 1.165) is 12.8 Å². The van der Waals surface area contributed by atoms with E-state index >= 15 is 0 Å². The van der Waals surface area contributed by atoms with Crippen LogP contribution in [0.2, 0.25) is 10.0 Å². The molecular formula is C13H13Cl2NO3. The molecule has 1 saturated carbocycles. The van der Waals surface area contributed by atoms with Gasteiger partial charge in [0.2, 0.25) is 0 Å². The van der Waals surface area contributed by atoms with Crippen LogP contribution in [0.1, 0.15) is 19.8 Å². The largest absolute Gasteiger partial charge is 0.452 e. The average Bonchev–Trinajstić information content (AvgIpc) is 3.17. The monoisotopic (exact) mass is 301 g/mol. The summed E-state index contributed by atoms with van der Waals surface area (Å²) >= 11 is 11.7. The van der Waals surface area contributed by atoms with Gasteiger partial charge < -0.3 is 10.1 Å². The highest BCUT2D eigenvalue weighted by Crippen LogP contribution is 2.30. The topological polar surface area (TPSA) is 55.4 Å². The van der Waals surface area contributed by atoms with Gasteiger partial charge in [-0.2, -0.15) is 0 Å². The summed E-state index contributed by atoms with van der Waals surface area (Å²) in [5, 5.41) is 3.42. The number of halogens is 2. The maximum absolute atomic E-state index is 11.9. The first-order chi connectivity index (χ1) is 8.97. The fourth-order valence-corrected chi connectivity index (χ4v) is 1.81. The predicted octanol–water partition coefficient (Wildman–Crippen LogP) is 3.27. The Balaban J connectivity index is 1.95. The molecule has 0 aliphatic heterocycles. The smallest absolute Gasteiger partial charge is 0.309 e. The molecule has 6 heteroatoms. The Kier molecular flexibility index (Phi) is 4.32. The summed E-state index contributed by atoms with van der Waals surface area (Å²) in [7, 11) is 0. The van der Waals surface area contributed by atoms with Crippen molar-refractivity contribution in [3.63, 3.8) is 0 Å². The number of hydrogen-bond donors (Lipinski definition) is 1. The van der Waals surface area contributed by atoms with Crippen molar-refractivity contribution in [2.45, 2.75) is 25.9 Å². The summed E-state index contributed by atoms with van der Waals surface area (Å²) in [6.07, 6.45) is 0.823. The number of hydrogen-bond acceptors (Lipinski definition) is 3. The number of ether oxygens (including phenoxy) is 1. The highest BCUT2D eigenvalue weighted by Gasteiger charge is 2.33. The Labute approximate surface area is 121 Å². The van der Waals surface area contributed by atoms with Crippen molar-refractivity contribution in [3.8, 4) is 0 Å². The highest BCUT2D eigenvalue weighted by atomic mass is 35.5. The Morgan fingerprint density at radius 2 is 2.05 bits per heavy atom. The van der Waals surface area contributed by atoms with Gasteiger partial charge in [0.05, 0.1) is 16.6 Å². The second kappa shape index (κ2) is 5.80. The number of benzene rings is 1. The van der Waals surface area contributed by atoms with E-state index in [2.05, 4.69) is 5.32 Å². The molecule has 0 spiro atoms. The minimum Gasteiger partial charge on any atom is -0.452 e. The van der Waals surface area contributed by atoms with E-state index in [0.29, 0.717) is 15.7 Å². The number of carbonyl (C=O) groups excluding carboxylic acids is 2. The minimum atomic E-state index is -0.858. The van der Waals surface area contributed by atoms with Gasteiger partial charge in [0.15, 0.2) is 6.10 Å². The van der Waals surface area contributed by atoms with Crippen molar-refractivity contribution in [1.82, 2.24) is 0 Å². The third-order valence-corrected chi connectivity index (χ3v) is 3.32. The lowest BCUT2D eigenvalue weighted by Crippen LogP contribution is -2.30. The lowest BCUT2D eigenvalue weighted by atomic mass is 10.3. The molecule has 19 heavy (non-hydrogen) atoms. The first-order valence-electron chi connectivity index (χ1n) is 5.94. The Hall–Kier alpha value is -1.26. The van der Waals surface area contributed by atoms with Crippen LogP contribution in [-0.2, 0) is 14.3 Å². The van der Waals surface area contributed by atoms with Crippen molar-refractivity contribution in [3.05, 3.63) is 28.2 Å². The normalized spacial score (nSPS) is 15.7. The number of rotatable bonds is 4. The minimum absolute atomic E-state index is 0.0370. The van der Waals surface area contributed by atoms with E-state index < -0.39 is 12.0 Å². The first kappa shape index (κ1) is 14.2. The molecule has 4 nitrogen and oxygen atoms in total. The third kappa shape index (κ3) is 3.85. The van der Waals surface area contributed by atoms with E-state index in [1.807, 2.05) is 0 Å². The van der Waals surface area contributed by atoms with Crippen LogP contribution in [0.5, 0.6) is 0 Å². The van der Waals surface area contributed by atoms with Crippen LogP contribution >= 0.6 is 23.2 Å². The third-order valence-electron chi connectivity index (χ3n) is 2.76. The lowest BCUT2D eigenvalue weighted by Gasteiger charge is -2.14. The molecule has 1 N–H and O–H groups in total. The van der Waals surface area contributed by atoms with E-state index in [-0.39, 0.29) is 11.9 Å². The van der Waals surface area contributed by atoms with Crippen molar-refractivity contribution in [2.24, 2.45) is 5.92 Å². The molecule has 0 aromatic heterocycles. The van der Waals surface area contributed by atoms with Crippen LogP contribution in [-0.4, -0.2) is 18.0 Å². The van der Waals surface area contributed by atoms with Gasteiger partial charge in [-0.25, -0.2) is 0 Å². The maximum atomic E-state index is 11.9. The summed E-state index contributed by atoms with van der Waals surface area (Å²) in [5.74, 6) is -0.789. The molecule has 0 radical (unpaired) electrons. The second-order valence-electron chi connectivity index (χ2n) is 4.47. The lowest BCUT2D eigenvalue weighted by molar-refractivity contribution is -0.154. The van der Waals surface area contributed by atoms with Gasteiger partial charge in [-0.1, -0.05) is 23.2 Å². The summed E-state index contributed by atoms with van der Waals surface area (Å²) < 4.78 is 5.05. The molecule has 1 aromatic carbocycles. The van der Waals surface area contributed by atoms with E-state index in [1.54, 1.807) is 12.1 Å². The molecule has 0 saturated heterocycles. The number of esters is 1. The van der Waals surface area contributed by atoms with Crippen LogP contribution < -0.4 is 5.32 Å². The van der Waals surface area contributed by atoms with Crippen molar-refractivity contribution >= 4 is 40.8 Å². The molecule has 1 fully saturated rings. The zero-order valence-corrected chi connectivity index (χ0v) is 11.8. The quantitative estimate of drug-likeness (QED) is 0.868. The molecule has 1 atom stereocenters. The Morgan fingerprint density at radius 1 is 1.37 bits per heavy atom. The fourth-order valence-electron chi connectivity index (χ4n) is 1.47. The number of carbonyl (C=O) groups is 2. The summed E-state index contributed by atoms with van der Waals surface area (Å²) in [6.45, 7) is 1.52. The molecule has 1 aliphatic carbocycles. The summed E-state index contributed by atoms with van der Waals surface area (Å²) in [4.78, 5) is 23.3. The first-order valence-corrected chi connectivity index (χ1v) is 6.69. The molecule has 2 rings (SSSR count). The molecule has 0 bridgehead atoms. The van der Waals surface area contributed by atoms with Gasteiger partial charge in [-0.3, -0.25) is 9.59 Å².